The first-order valence-corrected chi connectivity index (χ1v) is 7.18. The molecule has 1 aliphatic carbocycles. The van der Waals surface area contributed by atoms with Gasteiger partial charge >= 0.3 is 0 Å². The van der Waals surface area contributed by atoms with Crippen LogP contribution in [0.3, 0.4) is 0 Å². The fourth-order valence-corrected chi connectivity index (χ4v) is 2.95. The van der Waals surface area contributed by atoms with E-state index in [0.29, 0.717) is 18.9 Å². The van der Waals surface area contributed by atoms with Crippen molar-refractivity contribution < 1.29 is 4.74 Å². The van der Waals surface area contributed by atoms with Crippen LogP contribution in [0.2, 0.25) is 0 Å². The number of nitrogens with zero attached hydrogens (tertiary/aromatic N) is 4. The van der Waals surface area contributed by atoms with Crippen molar-refractivity contribution in [1.82, 2.24) is 20.2 Å². The highest BCUT2D eigenvalue weighted by Gasteiger charge is 2.40. The summed E-state index contributed by atoms with van der Waals surface area (Å²) in [6, 6.07) is -0.0656. The number of ether oxygens (including phenoxy) is 1. The van der Waals surface area contributed by atoms with Gasteiger partial charge in [0.2, 0.25) is 0 Å². The number of tetrazole rings is 1. The van der Waals surface area contributed by atoms with E-state index in [0.717, 1.165) is 18.8 Å². The van der Waals surface area contributed by atoms with E-state index in [-0.39, 0.29) is 11.6 Å². The second-order valence-electron chi connectivity index (χ2n) is 5.69. The number of nitrogens with two attached hydrogens (primary N) is 1. The Hall–Kier alpha value is -1.01. The molecule has 6 heteroatoms. The van der Waals surface area contributed by atoms with E-state index >= 15 is 0 Å². The van der Waals surface area contributed by atoms with Gasteiger partial charge in [0.15, 0.2) is 5.82 Å². The molecule has 1 aromatic heterocycles. The van der Waals surface area contributed by atoms with Crippen LogP contribution in [0.25, 0.3) is 0 Å². The Balaban J connectivity index is 2.05. The quantitative estimate of drug-likeness (QED) is 0.863. The van der Waals surface area contributed by atoms with E-state index in [9.17, 15) is 0 Å². The first-order valence-electron chi connectivity index (χ1n) is 7.18. The molecule has 1 unspecified atom stereocenters. The molecule has 1 aliphatic rings. The van der Waals surface area contributed by atoms with E-state index in [1.165, 1.54) is 17.6 Å². The molecule has 2 rings (SSSR count). The van der Waals surface area contributed by atoms with Gasteiger partial charge in [0.25, 0.3) is 0 Å². The van der Waals surface area contributed by atoms with Crippen molar-refractivity contribution in [3.8, 4) is 0 Å². The molecule has 108 valence electrons. The molecule has 0 bridgehead atoms. The molecule has 1 saturated carbocycles. The number of rotatable bonds is 5. The van der Waals surface area contributed by atoms with Crippen LogP contribution in [0.15, 0.2) is 0 Å². The van der Waals surface area contributed by atoms with Gasteiger partial charge in [0.1, 0.15) is 0 Å². The van der Waals surface area contributed by atoms with Crippen LogP contribution in [0.4, 0.5) is 0 Å². The average molecular weight is 267 g/mol. The van der Waals surface area contributed by atoms with Gasteiger partial charge in [-0.25, -0.2) is 0 Å². The van der Waals surface area contributed by atoms with E-state index in [4.69, 9.17) is 10.5 Å². The zero-order valence-electron chi connectivity index (χ0n) is 12.2. The second kappa shape index (κ2) is 5.96. The third-order valence-corrected chi connectivity index (χ3v) is 4.18. The van der Waals surface area contributed by atoms with Crippen LogP contribution in [-0.4, -0.2) is 38.5 Å². The SMILES string of the molecule is CCOC1(C(N)Cc2nnn(C)n2)CCC(C)CC1. The summed E-state index contributed by atoms with van der Waals surface area (Å²) in [6.07, 6.45) is 5.05. The minimum Gasteiger partial charge on any atom is -0.374 e. The number of hydrogen-bond donors (Lipinski definition) is 1. The van der Waals surface area contributed by atoms with Crippen molar-refractivity contribution >= 4 is 0 Å². The van der Waals surface area contributed by atoms with Crippen LogP contribution in [0.5, 0.6) is 0 Å². The Morgan fingerprint density at radius 3 is 2.68 bits per heavy atom. The third-order valence-electron chi connectivity index (χ3n) is 4.18. The lowest BCUT2D eigenvalue weighted by Gasteiger charge is -2.43. The lowest BCUT2D eigenvalue weighted by atomic mass is 9.74. The summed E-state index contributed by atoms with van der Waals surface area (Å²) in [5, 5.41) is 12.1. The van der Waals surface area contributed by atoms with E-state index in [1.54, 1.807) is 7.05 Å². The molecule has 1 fully saturated rings. The van der Waals surface area contributed by atoms with Crippen LogP contribution >= 0.6 is 0 Å². The topological polar surface area (TPSA) is 78.9 Å². The molecule has 0 aliphatic heterocycles. The Bertz CT molecular complexity index is 397. The maximum Gasteiger partial charge on any atom is 0.176 e. The predicted molar refractivity (Wildman–Crippen MR) is 72.5 cm³/mol. The molecule has 0 saturated heterocycles. The Labute approximate surface area is 114 Å². The Morgan fingerprint density at radius 1 is 1.47 bits per heavy atom. The molecule has 2 N–H and O–H groups in total. The summed E-state index contributed by atoms with van der Waals surface area (Å²) in [5.41, 5.74) is 6.21. The summed E-state index contributed by atoms with van der Waals surface area (Å²) in [6.45, 7) is 5.04. The molecule has 0 radical (unpaired) electrons. The van der Waals surface area contributed by atoms with Crippen LogP contribution in [-0.2, 0) is 18.2 Å². The summed E-state index contributed by atoms with van der Waals surface area (Å²) in [4.78, 5) is 1.47. The second-order valence-corrected chi connectivity index (χ2v) is 5.69. The predicted octanol–water partition coefficient (Wildman–Crippen LogP) is 1.07. The van der Waals surface area contributed by atoms with Gasteiger partial charge in [-0.15, -0.1) is 10.2 Å². The smallest absolute Gasteiger partial charge is 0.176 e. The maximum atomic E-state index is 6.41. The lowest BCUT2D eigenvalue weighted by molar-refractivity contribution is -0.0886. The molecular weight excluding hydrogens is 242 g/mol. The fraction of sp³-hybridized carbons (Fsp3) is 0.923. The van der Waals surface area contributed by atoms with Gasteiger partial charge in [-0.05, 0) is 43.7 Å². The minimum atomic E-state index is -0.208. The van der Waals surface area contributed by atoms with Crippen molar-refractivity contribution in [3.63, 3.8) is 0 Å². The summed E-state index contributed by atoms with van der Waals surface area (Å²) in [5.74, 6) is 1.48. The fourth-order valence-electron chi connectivity index (χ4n) is 2.95. The first-order chi connectivity index (χ1) is 9.05. The van der Waals surface area contributed by atoms with Gasteiger partial charge in [-0.3, -0.25) is 0 Å². The van der Waals surface area contributed by atoms with Crippen LogP contribution in [0, 0.1) is 5.92 Å². The zero-order valence-corrected chi connectivity index (χ0v) is 12.2. The highest BCUT2D eigenvalue weighted by molar-refractivity contribution is 4.99. The van der Waals surface area contributed by atoms with E-state index in [2.05, 4.69) is 22.3 Å². The minimum absolute atomic E-state index is 0.0656. The molecular formula is C13H25N5O. The third kappa shape index (κ3) is 3.30. The van der Waals surface area contributed by atoms with Crippen molar-refractivity contribution in [2.75, 3.05) is 6.61 Å². The first kappa shape index (κ1) is 14.4. The number of aromatic nitrogens is 4. The normalized spacial score (nSPS) is 29.4. The zero-order chi connectivity index (χ0) is 13.9. The Morgan fingerprint density at radius 2 is 2.16 bits per heavy atom. The molecule has 1 heterocycles. The maximum absolute atomic E-state index is 6.41. The van der Waals surface area contributed by atoms with Gasteiger partial charge in [-0.2, -0.15) is 4.80 Å². The lowest BCUT2D eigenvalue weighted by Crippen LogP contribution is -2.53. The van der Waals surface area contributed by atoms with E-state index in [1.807, 2.05) is 6.92 Å². The van der Waals surface area contributed by atoms with Gasteiger partial charge < -0.3 is 10.5 Å². The molecule has 19 heavy (non-hydrogen) atoms. The highest BCUT2D eigenvalue weighted by atomic mass is 16.5. The molecule has 1 aromatic rings. The summed E-state index contributed by atoms with van der Waals surface area (Å²) in [7, 11) is 1.77. The number of aryl methyl sites for hydroxylation is 1. The van der Waals surface area contributed by atoms with Gasteiger partial charge in [0, 0.05) is 19.1 Å². The molecule has 1 atom stereocenters. The monoisotopic (exact) mass is 267 g/mol. The van der Waals surface area contributed by atoms with Gasteiger partial charge in [0.05, 0.1) is 12.6 Å². The highest BCUT2D eigenvalue weighted by Crippen LogP contribution is 2.37. The standard InChI is InChI=1S/C13H25N5O/c1-4-19-13(7-5-10(2)6-8-13)11(14)9-12-15-17-18(3)16-12/h10-11H,4-9,14H2,1-3H3. The van der Waals surface area contributed by atoms with Crippen molar-refractivity contribution in [2.45, 2.75) is 57.6 Å². The number of hydrogen-bond acceptors (Lipinski definition) is 5. The molecule has 0 amide bonds. The summed E-state index contributed by atoms with van der Waals surface area (Å²) >= 11 is 0. The van der Waals surface area contributed by atoms with Crippen molar-refractivity contribution in [3.05, 3.63) is 5.82 Å². The van der Waals surface area contributed by atoms with Crippen LogP contribution < -0.4 is 5.73 Å². The van der Waals surface area contributed by atoms with Crippen molar-refractivity contribution in [2.24, 2.45) is 18.7 Å². The van der Waals surface area contributed by atoms with E-state index < -0.39 is 0 Å². The van der Waals surface area contributed by atoms with Crippen molar-refractivity contribution in [1.29, 1.82) is 0 Å². The largest absolute Gasteiger partial charge is 0.374 e. The molecule has 6 nitrogen and oxygen atoms in total. The average Bonchev–Trinajstić information content (AvgIpc) is 2.78. The molecule has 0 aromatic carbocycles. The van der Waals surface area contributed by atoms with Gasteiger partial charge in [-0.1, -0.05) is 6.92 Å². The Kier molecular flexibility index (Phi) is 4.52. The van der Waals surface area contributed by atoms with Crippen LogP contribution in [0.1, 0.15) is 45.4 Å². The molecule has 0 spiro atoms. The summed E-state index contributed by atoms with van der Waals surface area (Å²) < 4.78 is 6.05.